The van der Waals surface area contributed by atoms with Crippen LogP contribution < -0.4 is 4.90 Å². The number of aryl methyl sites for hydroxylation is 1. The maximum absolute atomic E-state index is 12.2. The molecule has 2 amide bonds. The van der Waals surface area contributed by atoms with E-state index in [1.54, 1.807) is 25.3 Å². The van der Waals surface area contributed by atoms with E-state index in [1.807, 2.05) is 11.9 Å². The topological polar surface area (TPSA) is 52.6 Å². The van der Waals surface area contributed by atoms with Gasteiger partial charge in [0.05, 0.1) is 6.04 Å². The largest absolute Gasteiger partial charge is 0.354 e. The van der Waals surface area contributed by atoms with Crippen LogP contribution in [-0.2, 0) is 12.8 Å². The Bertz CT molecular complexity index is 574. The second-order valence-electron chi connectivity index (χ2n) is 6.86. The Kier molecular flexibility index (Phi) is 4.68. The fourth-order valence-corrected chi connectivity index (χ4v) is 3.71. The molecule has 23 heavy (non-hydrogen) atoms. The zero-order chi connectivity index (χ0) is 16.4. The number of fused-ring (bicyclic) bond motifs is 1. The number of nitrogens with zero attached hydrogens (tertiary/aromatic N) is 5. The number of anilines is 1. The Morgan fingerprint density at radius 3 is 2.74 bits per heavy atom. The number of urea groups is 1. The third-order valence-corrected chi connectivity index (χ3v) is 5.03. The minimum Gasteiger partial charge on any atom is -0.354 e. The van der Waals surface area contributed by atoms with E-state index in [-0.39, 0.29) is 12.1 Å². The molecule has 1 atom stereocenters. The lowest BCUT2D eigenvalue weighted by atomic mass is 9.95. The van der Waals surface area contributed by atoms with Crippen molar-refractivity contribution in [2.45, 2.75) is 44.6 Å². The first kappa shape index (κ1) is 16.0. The van der Waals surface area contributed by atoms with Gasteiger partial charge in [-0.1, -0.05) is 0 Å². The van der Waals surface area contributed by atoms with Crippen molar-refractivity contribution >= 4 is 11.8 Å². The van der Waals surface area contributed by atoms with E-state index in [2.05, 4.69) is 14.9 Å². The van der Waals surface area contributed by atoms with E-state index < -0.39 is 0 Å². The summed E-state index contributed by atoms with van der Waals surface area (Å²) in [7, 11) is 5.52. The standard InChI is InChI=1S/C17H27N5O/c1-20(2)17(23)21(3)13-7-6-10-22(11-13)16-14-8-4-5-9-15(14)18-12-19-16/h12-13H,4-11H2,1-3H3. The van der Waals surface area contributed by atoms with Crippen LogP contribution in [0.3, 0.4) is 0 Å². The molecule has 0 N–H and O–H groups in total. The van der Waals surface area contributed by atoms with Gasteiger partial charge in [-0.25, -0.2) is 14.8 Å². The maximum atomic E-state index is 12.2. The fourth-order valence-electron chi connectivity index (χ4n) is 3.71. The van der Waals surface area contributed by atoms with E-state index in [1.165, 1.54) is 24.1 Å². The van der Waals surface area contributed by atoms with E-state index in [0.29, 0.717) is 0 Å². The SMILES string of the molecule is CN(C)C(=O)N(C)C1CCCN(c2ncnc3c2CCCC3)C1. The molecule has 0 spiro atoms. The van der Waals surface area contributed by atoms with Crippen LogP contribution in [0.2, 0.25) is 0 Å². The first-order chi connectivity index (χ1) is 11.1. The van der Waals surface area contributed by atoms with Gasteiger partial charge < -0.3 is 14.7 Å². The highest BCUT2D eigenvalue weighted by Gasteiger charge is 2.29. The minimum atomic E-state index is 0.0709. The van der Waals surface area contributed by atoms with Gasteiger partial charge in [0.1, 0.15) is 12.1 Å². The number of piperidine rings is 1. The number of carbonyl (C=O) groups is 1. The summed E-state index contributed by atoms with van der Waals surface area (Å²) in [5, 5.41) is 0. The van der Waals surface area contributed by atoms with Gasteiger partial charge >= 0.3 is 6.03 Å². The summed E-state index contributed by atoms with van der Waals surface area (Å²) in [5.74, 6) is 1.10. The molecule has 1 aliphatic carbocycles. The van der Waals surface area contributed by atoms with Crippen LogP contribution >= 0.6 is 0 Å². The second kappa shape index (κ2) is 6.72. The number of likely N-dealkylation sites (N-methyl/N-ethyl adjacent to an activating group) is 1. The highest BCUT2D eigenvalue weighted by molar-refractivity contribution is 5.74. The Balaban J connectivity index is 1.78. The highest BCUT2D eigenvalue weighted by Crippen LogP contribution is 2.29. The van der Waals surface area contributed by atoms with Crippen molar-refractivity contribution in [2.75, 3.05) is 39.1 Å². The third-order valence-electron chi connectivity index (χ3n) is 5.03. The first-order valence-corrected chi connectivity index (χ1v) is 8.59. The molecule has 126 valence electrons. The molecule has 1 aliphatic heterocycles. The summed E-state index contributed by atoms with van der Waals surface area (Å²) >= 11 is 0. The van der Waals surface area contributed by atoms with Gasteiger partial charge in [0.2, 0.25) is 0 Å². The maximum Gasteiger partial charge on any atom is 0.319 e. The van der Waals surface area contributed by atoms with Gasteiger partial charge in [0, 0.05) is 45.5 Å². The average molecular weight is 317 g/mol. The summed E-state index contributed by atoms with van der Waals surface area (Å²) in [4.78, 5) is 27.2. The number of carbonyl (C=O) groups excluding carboxylic acids is 1. The molecule has 1 aromatic heterocycles. The summed E-state index contributed by atoms with van der Waals surface area (Å²) in [6, 6.07) is 0.314. The van der Waals surface area contributed by atoms with E-state index >= 15 is 0 Å². The van der Waals surface area contributed by atoms with Crippen molar-refractivity contribution in [1.82, 2.24) is 19.8 Å². The smallest absolute Gasteiger partial charge is 0.319 e. The predicted octanol–water partition coefficient (Wildman–Crippen LogP) is 1.94. The van der Waals surface area contributed by atoms with Crippen molar-refractivity contribution in [3.63, 3.8) is 0 Å². The minimum absolute atomic E-state index is 0.0709. The molecule has 2 aliphatic rings. The summed E-state index contributed by atoms with van der Waals surface area (Å²) in [6.45, 7) is 1.88. The number of hydrogen-bond acceptors (Lipinski definition) is 4. The molecule has 0 radical (unpaired) electrons. The summed E-state index contributed by atoms with van der Waals surface area (Å²) < 4.78 is 0. The molecule has 1 aromatic rings. The molecule has 1 fully saturated rings. The van der Waals surface area contributed by atoms with Gasteiger partial charge in [-0.3, -0.25) is 0 Å². The lowest BCUT2D eigenvalue weighted by molar-refractivity contribution is 0.157. The molecular weight excluding hydrogens is 290 g/mol. The van der Waals surface area contributed by atoms with Crippen LogP contribution in [0, 0.1) is 0 Å². The average Bonchev–Trinajstić information content (AvgIpc) is 2.60. The van der Waals surface area contributed by atoms with Crippen molar-refractivity contribution in [1.29, 1.82) is 0 Å². The molecule has 1 saturated heterocycles. The Hall–Kier alpha value is -1.85. The van der Waals surface area contributed by atoms with Crippen LogP contribution in [0.15, 0.2) is 6.33 Å². The molecule has 2 heterocycles. The first-order valence-electron chi connectivity index (χ1n) is 8.59. The van der Waals surface area contributed by atoms with Gasteiger partial charge in [0.25, 0.3) is 0 Å². The van der Waals surface area contributed by atoms with Crippen LogP contribution in [0.4, 0.5) is 10.6 Å². The number of rotatable bonds is 2. The van der Waals surface area contributed by atoms with Crippen molar-refractivity contribution in [3.8, 4) is 0 Å². The molecule has 0 bridgehead atoms. The Labute approximate surface area is 138 Å². The van der Waals surface area contributed by atoms with Gasteiger partial charge in [-0.05, 0) is 38.5 Å². The lowest BCUT2D eigenvalue weighted by Gasteiger charge is -2.39. The van der Waals surface area contributed by atoms with Gasteiger partial charge in [-0.15, -0.1) is 0 Å². The fraction of sp³-hybridized carbons (Fsp3) is 0.706. The van der Waals surface area contributed by atoms with Crippen molar-refractivity contribution in [2.24, 2.45) is 0 Å². The van der Waals surface area contributed by atoms with Crippen LogP contribution in [0.1, 0.15) is 36.9 Å². The molecule has 3 rings (SSSR count). The van der Waals surface area contributed by atoms with E-state index in [0.717, 1.165) is 44.6 Å². The van der Waals surface area contributed by atoms with E-state index in [9.17, 15) is 4.79 Å². The van der Waals surface area contributed by atoms with E-state index in [4.69, 9.17) is 0 Å². The number of amides is 2. The highest BCUT2D eigenvalue weighted by atomic mass is 16.2. The molecule has 1 unspecified atom stereocenters. The van der Waals surface area contributed by atoms with Crippen LogP contribution in [-0.4, -0.2) is 66.1 Å². The second-order valence-corrected chi connectivity index (χ2v) is 6.86. The number of hydrogen-bond donors (Lipinski definition) is 0. The molecule has 0 aromatic carbocycles. The zero-order valence-corrected chi connectivity index (χ0v) is 14.5. The quantitative estimate of drug-likeness (QED) is 0.836. The van der Waals surface area contributed by atoms with Crippen molar-refractivity contribution < 1.29 is 4.79 Å². The summed E-state index contributed by atoms with van der Waals surface area (Å²) in [6.07, 6.45) is 8.46. The normalized spacial score (nSPS) is 20.8. The summed E-state index contributed by atoms with van der Waals surface area (Å²) in [5.41, 5.74) is 2.56. The molecule has 6 heteroatoms. The van der Waals surface area contributed by atoms with Crippen LogP contribution in [0.25, 0.3) is 0 Å². The van der Waals surface area contributed by atoms with Gasteiger partial charge in [-0.2, -0.15) is 0 Å². The van der Waals surface area contributed by atoms with Gasteiger partial charge in [0.15, 0.2) is 0 Å². The number of aromatic nitrogens is 2. The Morgan fingerprint density at radius 1 is 1.17 bits per heavy atom. The monoisotopic (exact) mass is 317 g/mol. The predicted molar refractivity (Wildman–Crippen MR) is 90.8 cm³/mol. The Morgan fingerprint density at radius 2 is 1.96 bits per heavy atom. The van der Waals surface area contributed by atoms with Crippen molar-refractivity contribution in [3.05, 3.63) is 17.6 Å². The third kappa shape index (κ3) is 3.26. The molecule has 6 nitrogen and oxygen atoms in total. The zero-order valence-electron chi connectivity index (χ0n) is 14.5. The lowest BCUT2D eigenvalue weighted by Crippen LogP contribution is -2.51. The molecule has 0 saturated carbocycles. The molecular formula is C17H27N5O. The van der Waals surface area contributed by atoms with Crippen LogP contribution in [0.5, 0.6) is 0 Å².